The van der Waals surface area contributed by atoms with Gasteiger partial charge in [-0.2, -0.15) is 5.10 Å². The summed E-state index contributed by atoms with van der Waals surface area (Å²) in [6.45, 7) is 3.94. The van der Waals surface area contributed by atoms with Gasteiger partial charge in [0, 0.05) is 5.71 Å². The molecular weight excluding hydrogens is 167 g/mol. The minimum absolute atomic E-state index is 0.255. The van der Waals surface area contributed by atoms with Crippen LogP contribution in [-0.2, 0) is 0 Å². The summed E-state index contributed by atoms with van der Waals surface area (Å²) < 4.78 is 12.7. The molecule has 0 aromatic heterocycles. The number of anilines is 1. The zero-order valence-electron chi connectivity index (χ0n) is 7.84. The first-order valence-corrected chi connectivity index (χ1v) is 4.27. The molecule has 0 aliphatic heterocycles. The maximum atomic E-state index is 12.7. The van der Waals surface area contributed by atoms with E-state index in [9.17, 15) is 4.39 Å². The van der Waals surface area contributed by atoms with Crippen LogP contribution in [-0.4, -0.2) is 5.71 Å². The predicted octanol–water partition coefficient (Wildman–Crippen LogP) is 3.02. The molecule has 2 nitrogen and oxygen atoms in total. The Kier molecular flexibility index (Phi) is 3.43. The Morgan fingerprint density at radius 2 is 2.31 bits per heavy atom. The van der Waals surface area contributed by atoms with Crippen LogP contribution < -0.4 is 5.43 Å². The van der Waals surface area contributed by atoms with E-state index in [-0.39, 0.29) is 5.82 Å². The predicted molar refractivity (Wildman–Crippen MR) is 53.4 cm³/mol. The molecule has 0 atom stereocenters. The van der Waals surface area contributed by atoms with Gasteiger partial charge < -0.3 is 0 Å². The maximum Gasteiger partial charge on any atom is 0.125 e. The quantitative estimate of drug-likeness (QED) is 0.561. The third kappa shape index (κ3) is 3.23. The van der Waals surface area contributed by atoms with Gasteiger partial charge in [-0.3, -0.25) is 5.43 Å². The minimum Gasteiger partial charge on any atom is -0.278 e. The molecule has 0 radical (unpaired) electrons. The van der Waals surface area contributed by atoms with Crippen molar-refractivity contribution in [2.45, 2.75) is 20.3 Å². The smallest absolute Gasteiger partial charge is 0.125 e. The monoisotopic (exact) mass is 180 g/mol. The maximum absolute atomic E-state index is 12.7. The molecule has 0 fully saturated rings. The summed E-state index contributed by atoms with van der Waals surface area (Å²) in [5, 5.41) is 4.05. The molecule has 1 aromatic rings. The van der Waals surface area contributed by atoms with Crippen molar-refractivity contribution in [3.63, 3.8) is 0 Å². The third-order valence-electron chi connectivity index (χ3n) is 1.71. The number of rotatable bonds is 3. The van der Waals surface area contributed by atoms with E-state index in [1.165, 1.54) is 12.1 Å². The van der Waals surface area contributed by atoms with Gasteiger partial charge in [0.05, 0.1) is 5.69 Å². The molecule has 70 valence electrons. The van der Waals surface area contributed by atoms with Crippen molar-refractivity contribution in [3.8, 4) is 0 Å². The van der Waals surface area contributed by atoms with Crippen LogP contribution in [0.2, 0.25) is 0 Å². The molecule has 1 aromatic carbocycles. The number of hydrogen-bond acceptors (Lipinski definition) is 2. The Morgan fingerprint density at radius 1 is 1.54 bits per heavy atom. The van der Waals surface area contributed by atoms with E-state index >= 15 is 0 Å². The van der Waals surface area contributed by atoms with Crippen molar-refractivity contribution in [1.82, 2.24) is 0 Å². The highest BCUT2D eigenvalue weighted by atomic mass is 19.1. The van der Waals surface area contributed by atoms with Gasteiger partial charge in [0.1, 0.15) is 5.82 Å². The van der Waals surface area contributed by atoms with Gasteiger partial charge in [0.25, 0.3) is 0 Å². The van der Waals surface area contributed by atoms with E-state index < -0.39 is 0 Å². The Bertz CT molecular complexity index is 308. The van der Waals surface area contributed by atoms with E-state index in [1.807, 2.05) is 13.8 Å². The average molecular weight is 180 g/mol. The van der Waals surface area contributed by atoms with Gasteiger partial charge in [-0.05, 0) is 31.5 Å². The van der Waals surface area contributed by atoms with Crippen LogP contribution in [0.5, 0.6) is 0 Å². The van der Waals surface area contributed by atoms with E-state index in [1.54, 1.807) is 12.1 Å². The zero-order valence-corrected chi connectivity index (χ0v) is 7.84. The van der Waals surface area contributed by atoms with Gasteiger partial charge in [0.2, 0.25) is 0 Å². The van der Waals surface area contributed by atoms with E-state index in [4.69, 9.17) is 0 Å². The fourth-order valence-electron chi connectivity index (χ4n) is 0.797. The first-order chi connectivity index (χ1) is 6.22. The Morgan fingerprint density at radius 3 is 2.92 bits per heavy atom. The summed E-state index contributed by atoms with van der Waals surface area (Å²) in [6.07, 6.45) is 0.891. The summed E-state index contributed by atoms with van der Waals surface area (Å²) in [4.78, 5) is 0. The Labute approximate surface area is 77.5 Å². The lowest BCUT2D eigenvalue weighted by Gasteiger charge is -2.00. The molecule has 0 aliphatic carbocycles. The van der Waals surface area contributed by atoms with Gasteiger partial charge in [0.15, 0.2) is 0 Å². The van der Waals surface area contributed by atoms with Crippen molar-refractivity contribution in [2.75, 3.05) is 5.43 Å². The molecule has 0 saturated carbocycles. The van der Waals surface area contributed by atoms with Crippen molar-refractivity contribution >= 4 is 11.4 Å². The van der Waals surface area contributed by atoms with Gasteiger partial charge in [-0.1, -0.05) is 13.0 Å². The molecule has 1 N–H and O–H groups in total. The lowest BCUT2D eigenvalue weighted by atomic mass is 10.3. The first-order valence-electron chi connectivity index (χ1n) is 4.27. The summed E-state index contributed by atoms with van der Waals surface area (Å²) in [5.74, 6) is -0.255. The number of nitrogens with zero attached hydrogens (tertiary/aromatic N) is 1. The first kappa shape index (κ1) is 9.71. The second-order valence-corrected chi connectivity index (χ2v) is 2.82. The van der Waals surface area contributed by atoms with Crippen LogP contribution in [0.3, 0.4) is 0 Å². The zero-order chi connectivity index (χ0) is 9.68. The topological polar surface area (TPSA) is 24.4 Å². The second kappa shape index (κ2) is 4.60. The molecule has 0 amide bonds. The molecule has 1 rings (SSSR count). The van der Waals surface area contributed by atoms with Crippen molar-refractivity contribution < 1.29 is 4.39 Å². The van der Waals surface area contributed by atoms with Gasteiger partial charge >= 0.3 is 0 Å². The highest BCUT2D eigenvalue weighted by Gasteiger charge is 1.92. The van der Waals surface area contributed by atoms with Crippen LogP contribution in [0.4, 0.5) is 10.1 Å². The number of halogens is 1. The Hall–Kier alpha value is -1.38. The normalized spacial score (nSPS) is 11.5. The highest BCUT2D eigenvalue weighted by molar-refractivity contribution is 5.82. The van der Waals surface area contributed by atoms with Crippen LogP contribution in [0, 0.1) is 5.82 Å². The van der Waals surface area contributed by atoms with E-state index in [0.717, 1.165) is 12.1 Å². The fourth-order valence-corrected chi connectivity index (χ4v) is 0.797. The van der Waals surface area contributed by atoms with Crippen LogP contribution in [0.1, 0.15) is 20.3 Å². The van der Waals surface area contributed by atoms with Gasteiger partial charge in [-0.15, -0.1) is 0 Å². The Balaban J connectivity index is 2.64. The molecule has 0 unspecified atom stereocenters. The van der Waals surface area contributed by atoms with Crippen LogP contribution in [0.25, 0.3) is 0 Å². The van der Waals surface area contributed by atoms with Crippen LogP contribution >= 0.6 is 0 Å². The number of nitrogens with one attached hydrogen (secondary N) is 1. The largest absolute Gasteiger partial charge is 0.278 e. The minimum atomic E-state index is -0.255. The van der Waals surface area contributed by atoms with E-state index in [2.05, 4.69) is 10.5 Å². The van der Waals surface area contributed by atoms with Crippen molar-refractivity contribution in [2.24, 2.45) is 5.10 Å². The van der Waals surface area contributed by atoms with Gasteiger partial charge in [-0.25, -0.2) is 4.39 Å². The lowest BCUT2D eigenvalue weighted by molar-refractivity contribution is 0.628. The van der Waals surface area contributed by atoms with E-state index in [0.29, 0.717) is 5.69 Å². The lowest BCUT2D eigenvalue weighted by Crippen LogP contribution is -1.95. The number of hydrazone groups is 1. The summed E-state index contributed by atoms with van der Waals surface area (Å²) in [7, 11) is 0. The molecule has 0 aliphatic rings. The third-order valence-corrected chi connectivity index (χ3v) is 1.71. The van der Waals surface area contributed by atoms with Crippen LogP contribution in [0.15, 0.2) is 29.4 Å². The summed E-state index contributed by atoms with van der Waals surface area (Å²) in [5.41, 5.74) is 4.45. The molecule has 0 spiro atoms. The summed E-state index contributed by atoms with van der Waals surface area (Å²) in [6, 6.07) is 6.23. The molecule has 3 heteroatoms. The number of hydrogen-bond donors (Lipinski definition) is 1. The molecule has 13 heavy (non-hydrogen) atoms. The highest BCUT2D eigenvalue weighted by Crippen LogP contribution is 2.08. The standard InChI is InChI=1S/C10H13FN2/c1-3-8(2)12-13-10-6-4-5-9(11)7-10/h4-7,13H,3H2,1-2H3/b12-8+. The molecular formula is C10H13FN2. The average Bonchev–Trinajstić information content (AvgIpc) is 2.14. The summed E-state index contributed by atoms with van der Waals surface area (Å²) >= 11 is 0. The molecule has 0 bridgehead atoms. The second-order valence-electron chi connectivity index (χ2n) is 2.82. The van der Waals surface area contributed by atoms with Crippen molar-refractivity contribution in [1.29, 1.82) is 0 Å². The number of benzene rings is 1. The SMILES string of the molecule is CC/C(C)=N/Nc1cccc(F)c1. The van der Waals surface area contributed by atoms with Crippen molar-refractivity contribution in [3.05, 3.63) is 30.1 Å². The molecule has 0 saturated heterocycles. The fraction of sp³-hybridized carbons (Fsp3) is 0.300. The molecule has 0 heterocycles.